The number of carbonyl (C=O) groups excluding carboxylic acids is 3. The summed E-state index contributed by atoms with van der Waals surface area (Å²) in [6, 6.07) is 2.91. The second-order valence-electron chi connectivity index (χ2n) is 9.69. The lowest BCUT2D eigenvalue weighted by atomic mass is 9.97. The number of nitrogens with zero attached hydrogens (tertiary/aromatic N) is 4. The van der Waals surface area contributed by atoms with Gasteiger partial charge in [0, 0.05) is 19.5 Å². The minimum Gasteiger partial charge on any atom is -0.456 e. The van der Waals surface area contributed by atoms with Crippen molar-refractivity contribution in [2.45, 2.75) is 38.0 Å². The molecule has 0 spiro atoms. The minimum absolute atomic E-state index is 0.232. The predicted molar refractivity (Wildman–Crippen MR) is 151 cm³/mol. The van der Waals surface area contributed by atoms with Gasteiger partial charge in [0.15, 0.2) is 29.2 Å². The summed E-state index contributed by atoms with van der Waals surface area (Å²) >= 11 is 7.38. The van der Waals surface area contributed by atoms with Gasteiger partial charge in [0.25, 0.3) is 0 Å². The van der Waals surface area contributed by atoms with Gasteiger partial charge in [-0.2, -0.15) is 0 Å². The van der Waals surface area contributed by atoms with Crippen molar-refractivity contribution in [2.75, 3.05) is 32.0 Å². The fourth-order valence-corrected chi connectivity index (χ4v) is 6.38. The van der Waals surface area contributed by atoms with Gasteiger partial charge in [0.05, 0.1) is 40.1 Å². The van der Waals surface area contributed by atoms with E-state index in [-0.39, 0.29) is 17.6 Å². The molecule has 3 heterocycles. The van der Waals surface area contributed by atoms with Crippen LogP contribution in [0, 0.1) is 23.2 Å². The Morgan fingerprint density at radius 2 is 1.95 bits per heavy atom. The van der Waals surface area contributed by atoms with Crippen LogP contribution < -0.4 is 22.1 Å². The zero-order valence-electron chi connectivity index (χ0n) is 22.3. The first-order valence-electron chi connectivity index (χ1n) is 13.0. The third-order valence-electron chi connectivity index (χ3n) is 7.28. The molecule has 2 aliphatic rings. The fourth-order valence-electron chi connectivity index (χ4n) is 5.48. The summed E-state index contributed by atoms with van der Waals surface area (Å²) in [5, 5.41) is 5.94. The first-order valence-corrected chi connectivity index (χ1v) is 14.2. The third kappa shape index (κ3) is 5.21. The summed E-state index contributed by atoms with van der Waals surface area (Å²) in [7, 11) is 1.50. The van der Waals surface area contributed by atoms with Crippen LogP contribution in [0.2, 0.25) is 4.34 Å². The molecule has 0 aromatic carbocycles. The lowest BCUT2D eigenvalue weighted by Crippen LogP contribution is -2.47. The molecule has 0 radical (unpaired) electrons. The van der Waals surface area contributed by atoms with Gasteiger partial charge in [0.2, 0.25) is 11.7 Å². The van der Waals surface area contributed by atoms with E-state index in [9.17, 15) is 14.4 Å². The van der Waals surface area contributed by atoms with Gasteiger partial charge < -0.3 is 36.1 Å². The van der Waals surface area contributed by atoms with Gasteiger partial charge in [-0.25, -0.2) is 15.0 Å². The Kier molecular flexibility index (Phi) is 8.14. The number of hydrogen-bond donors (Lipinski definition) is 4. The average Bonchev–Trinajstić information content (AvgIpc) is 3.21. The van der Waals surface area contributed by atoms with E-state index in [1.54, 1.807) is 17.0 Å². The molecule has 0 bridgehead atoms. The van der Waals surface area contributed by atoms with Crippen LogP contribution in [-0.2, 0) is 23.9 Å². The summed E-state index contributed by atoms with van der Waals surface area (Å²) < 4.78 is 13.8. The number of carbonyl (C=O) groups is 3. The molecular formula is C26H29ClN8O5S. The largest absolute Gasteiger partial charge is 0.456 e. The molecule has 15 heteroatoms. The molecular weight excluding hydrogens is 572 g/mol. The van der Waals surface area contributed by atoms with E-state index < -0.39 is 48.7 Å². The second-order valence-corrected chi connectivity index (χ2v) is 11.4. The van der Waals surface area contributed by atoms with Crippen molar-refractivity contribution in [3.8, 4) is 11.8 Å². The summed E-state index contributed by atoms with van der Waals surface area (Å²) in [6.45, 7) is 1.85. The van der Waals surface area contributed by atoms with Crippen molar-refractivity contribution < 1.29 is 23.9 Å². The van der Waals surface area contributed by atoms with Crippen LogP contribution in [0.5, 0.6) is 0 Å². The van der Waals surface area contributed by atoms with Gasteiger partial charge in [0.1, 0.15) is 0 Å². The third-order valence-corrected chi connectivity index (χ3v) is 8.43. The number of halogens is 1. The highest BCUT2D eigenvalue weighted by molar-refractivity contribution is 7.16. The maximum atomic E-state index is 13.2. The van der Waals surface area contributed by atoms with E-state index in [1.807, 2.05) is 13.0 Å². The molecule has 216 valence electrons. The van der Waals surface area contributed by atoms with E-state index in [1.165, 1.54) is 18.4 Å². The highest BCUT2D eigenvalue weighted by Gasteiger charge is 2.78. The summed E-state index contributed by atoms with van der Waals surface area (Å²) in [5.41, 5.74) is 10.8. The number of rotatable bonds is 9. The van der Waals surface area contributed by atoms with Crippen molar-refractivity contribution >= 4 is 57.8 Å². The van der Waals surface area contributed by atoms with E-state index in [0.29, 0.717) is 34.3 Å². The predicted octanol–water partition coefficient (Wildman–Crippen LogP) is 0.811. The molecule has 13 nitrogen and oxygen atoms in total. The fraction of sp³-hybridized carbons (Fsp3) is 0.462. The Balaban J connectivity index is 1.64. The van der Waals surface area contributed by atoms with Gasteiger partial charge in [-0.1, -0.05) is 18.5 Å². The standard InChI is InChI=1S/C26H29ClN8O5S/c1-3-8-31-23-19-24(34-16(33-23)7-5-13-4-6-15(27)41-13)35(12-32-19)20-14-9-26(14,25(38)30-2)22(40-18(37)11-29)21(20)39-17(36)10-28/h4,6,12,14,20-22H,3,8-11,28-29H2,1-2H3,(H,30,38)(H,31,33,34)/t14?,20?,21-,22-,26-/m0/s1. The number of aromatic nitrogens is 4. The van der Waals surface area contributed by atoms with Crippen LogP contribution in [0.25, 0.3) is 11.2 Å². The Morgan fingerprint density at radius 1 is 1.20 bits per heavy atom. The molecule has 2 fully saturated rings. The van der Waals surface area contributed by atoms with Crippen molar-refractivity contribution in [3.63, 3.8) is 0 Å². The van der Waals surface area contributed by atoms with Gasteiger partial charge in [-0.3, -0.25) is 14.4 Å². The van der Waals surface area contributed by atoms with Crippen LogP contribution in [0.15, 0.2) is 18.5 Å². The Bertz CT molecular complexity index is 1560. The van der Waals surface area contributed by atoms with Crippen LogP contribution in [0.3, 0.4) is 0 Å². The van der Waals surface area contributed by atoms with Crippen molar-refractivity contribution in [3.05, 3.63) is 33.5 Å². The first kappa shape index (κ1) is 28.7. The van der Waals surface area contributed by atoms with E-state index >= 15 is 0 Å². The van der Waals surface area contributed by atoms with Crippen molar-refractivity contribution in [1.29, 1.82) is 0 Å². The number of imidazole rings is 1. The number of hydrogen-bond acceptors (Lipinski definition) is 12. The highest BCUT2D eigenvalue weighted by Crippen LogP contribution is 2.69. The van der Waals surface area contributed by atoms with Crippen LogP contribution >= 0.6 is 22.9 Å². The number of esters is 2. The Labute approximate surface area is 244 Å². The highest BCUT2D eigenvalue weighted by atomic mass is 35.5. The summed E-state index contributed by atoms with van der Waals surface area (Å²) in [5.74, 6) is 4.59. The van der Waals surface area contributed by atoms with E-state index in [4.69, 9.17) is 37.5 Å². The average molecular weight is 601 g/mol. The molecule has 3 aromatic rings. The van der Waals surface area contributed by atoms with Crippen LogP contribution in [0.1, 0.15) is 36.5 Å². The molecule has 2 saturated carbocycles. The zero-order chi connectivity index (χ0) is 29.3. The number of nitrogens with one attached hydrogen (secondary N) is 2. The minimum atomic E-state index is -1.13. The number of ether oxygens (including phenoxy) is 2. The lowest BCUT2D eigenvalue weighted by Gasteiger charge is -2.30. The molecule has 5 rings (SSSR count). The summed E-state index contributed by atoms with van der Waals surface area (Å²) in [6.07, 6.45) is 0.629. The molecule has 41 heavy (non-hydrogen) atoms. The number of amides is 1. The SMILES string of the molecule is CCCNc1nc(C#Cc2ccc(Cl)s2)nc2c1ncn2C1C2C[C@@]2(C(=O)NC)[C@@H](OC(=O)CN)[C@H]1OC(=O)CN. The van der Waals surface area contributed by atoms with Gasteiger partial charge in [-0.15, -0.1) is 11.3 Å². The smallest absolute Gasteiger partial charge is 0.320 e. The second kappa shape index (κ2) is 11.6. The molecule has 5 atom stereocenters. The topological polar surface area (TPSA) is 189 Å². The number of nitrogens with two attached hydrogens (primary N) is 2. The molecule has 1 amide bonds. The molecule has 6 N–H and O–H groups in total. The van der Waals surface area contributed by atoms with E-state index in [2.05, 4.69) is 32.4 Å². The van der Waals surface area contributed by atoms with Crippen LogP contribution in [-0.4, -0.2) is 76.3 Å². The van der Waals surface area contributed by atoms with Crippen molar-refractivity contribution in [1.82, 2.24) is 24.8 Å². The first-order chi connectivity index (χ1) is 19.8. The van der Waals surface area contributed by atoms with E-state index in [0.717, 1.165) is 11.3 Å². The summed E-state index contributed by atoms with van der Waals surface area (Å²) in [4.78, 5) is 52.6. The Morgan fingerprint density at radius 3 is 2.61 bits per heavy atom. The molecule has 2 aliphatic carbocycles. The number of thiophene rings is 1. The van der Waals surface area contributed by atoms with Gasteiger partial charge >= 0.3 is 11.9 Å². The number of anilines is 1. The Hall–Kier alpha value is -3.77. The maximum absolute atomic E-state index is 13.2. The monoisotopic (exact) mass is 600 g/mol. The zero-order valence-corrected chi connectivity index (χ0v) is 23.9. The molecule has 0 aliphatic heterocycles. The number of fused-ring (bicyclic) bond motifs is 2. The molecule has 0 saturated heterocycles. The normalized spacial score (nSPS) is 24.2. The van der Waals surface area contributed by atoms with Gasteiger partial charge in [-0.05, 0) is 36.8 Å². The van der Waals surface area contributed by atoms with Crippen molar-refractivity contribution in [2.24, 2.45) is 22.8 Å². The molecule has 2 unspecified atom stereocenters. The molecule has 3 aromatic heterocycles. The lowest BCUT2D eigenvalue weighted by molar-refractivity contribution is -0.172. The van der Waals surface area contributed by atoms with Crippen LogP contribution in [0.4, 0.5) is 5.82 Å². The maximum Gasteiger partial charge on any atom is 0.320 e. The quantitative estimate of drug-likeness (QED) is 0.201.